The summed E-state index contributed by atoms with van der Waals surface area (Å²) in [6.45, 7) is 2.18. The minimum absolute atomic E-state index is 0.0559. The second-order valence-electron chi connectivity index (χ2n) is 3.26. The van der Waals surface area contributed by atoms with E-state index in [1.54, 1.807) is 6.92 Å². The summed E-state index contributed by atoms with van der Waals surface area (Å²) < 4.78 is 13.6. The molecule has 1 rings (SSSR count). The van der Waals surface area contributed by atoms with Gasteiger partial charge in [0.15, 0.2) is 11.6 Å². The molecule has 0 aliphatic heterocycles. The largest absolute Gasteiger partial charge is 0.481 e. The third-order valence-corrected chi connectivity index (χ3v) is 2.06. The van der Waals surface area contributed by atoms with Crippen molar-refractivity contribution in [1.29, 1.82) is 0 Å². The summed E-state index contributed by atoms with van der Waals surface area (Å²) >= 11 is 0. The van der Waals surface area contributed by atoms with E-state index in [4.69, 9.17) is 5.11 Å². The first-order valence-corrected chi connectivity index (χ1v) is 5.10. The minimum Gasteiger partial charge on any atom is -0.481 e. The van der Waals surface area contributed by atoms with Crippen molar-refractivity contribution in [2.24, 2.45) is 0 Å². The van der Waals surface area contributed by atoms with Gasteiger partial charge in [-0.25, -0.2) is 14.4 Å². The van der Waals surface area contributed by atoms with Crippen molar-refractivity contribution in [3.63, 3.8) is 0 Å². The molecule has 2 N–H and O–H groups in total. The first-order chi connectivity index (χ1) is 7.65. The monoisotopic (exact) mass is 227 g/mol. The fourth-order valence-electron chi connectivity index (χ4n) is 1.22. The van der Waals surface area contributed by atoms with Crippen molar-refractivity contribution in [3.05, 3.63) is 17.8 Å². The van der Waals surface area contributed by atoms with Crippen LogP contribution in [0.3, 0.4) is 0 Å². The Kier molecular flexibility index (Phi) is 4.63. The van der Waals surface area contributed by atoms with E-state index >= 15 is 0 Å². The van der Waals surface area contributed by atoms with E-state index in [-0.39, 0.29) is 12.2 Å². The quantitative estimate of drug-likeness (QED) is 0.719. The molecule has 88 valence electrons. The SMILES string of the molecule is CCc1ncnc(NCCCC(=O)O)c1F. The zero-order valence-electron chi connectivity index (χ0n) is 9.03. The van der Waals surface area contributed by atoms with Crippen LogP contribution in [0.4, 0.5) is 10.2 Å². The number of carbonyl (C=O) groups is 1. The highest BCUT2D eigenvalue weighted by molar-refractivity contribution is 5.66. The molecular weight excluding hydrogens is 213 g/mol. The lowest BCUT2D eigenvalue weighted by molar-refractivity contribution is -0.137. The van der Waals surface area contributed by atoms with Crippen LogP contribution in [0.5, 0.6) is 0 Å². The highest BCUT2D eigenvalue weighted by atomic mass is 19.1. The van der Waals surface area contributed by atoms with Gasteiger partial charge in [0.1, 0.15) is 6.33 Å². The predicted octanol–water partition coefficient (Wildman–Crippen LogP) is 1.45. The average Bonchev–Trinajstić information content (AvgIpc) is 2.26. The molecule has 0 fully saturated rings. The lowest BCUT2D eigenvalue weighted by Gasteiger charge is -2.07. The van der Waals surface area contributed by atoms with E-state index < -0.39 is 11.8 Å². The average molecular weight is 227 g/mol. The lowest BCUT2D eigenvalue weighted by atomic mass is 10.3. The van der Waals surface area contributed by atoms with Gasteiger partial charge in [0.25, 0.3) is 0 Å². The van der Waals surface area contributed by atoms with Crippen molar-refractivity contribution in [3.8, 4) is 0 Å². The van der Waals surface area contributed by atoms with Crippen LogP contribution in [0.25, 0.3) is 0 Å². The van der Waals surface area contributed by atoms with Crippen molar-refractivity contribution in [2.75, 3.05) is 11.9 Å². The molecule has 0 radical (unpaired) electrons. The Morgan fingerprint density at radius 2 is 2.31 bits per heavy atom. The number of rotatable bonds is 6. The van der Waals surface area contributed by atoms with Gasteiger partial charge in [-0.15, -0.1) is 0 Å². The molecule has 0 aliphatic carbocycles. The summed E-state index contributed by atoms with van der Waals surface area (Å²) in [5, 5.41) is 11.2. The zero-order valence-corrected chi connectivity index (χ0v) is 9.03. The molecule has 0 bridgehead atoms. The van der Waals surface area contributed by atoms with Crippen LogP contribution in [0.2, 0.25) is 0 Å². The summed E-state index contributed by atoms with van der Waals surface area (Å²) in [5.41, 5.74) is 0.357. The fraction of sp³-hybridized carbons (Fsp3) is 0.500. The molecular formula is C10H14FN3O2. The number of hydrogen-bond acceptors (Lipinski definition) is 4. The van der Waals surface area contributed by atoms with Crippen molar-refractivity contribution < 1.29 is 14.3 Å². The van der Waals surface area contributed by atoms with Crippen LogP contribution in [0, 0.1) is 5.82 Å². The number of nitrogens with one attached hydrogen (secondary N) is 1. The topological polar surface area (TPSA) is 75.1 Å². The summed E-state index contributed by atoms with van der Waals surface area (Å²) in [5.74, 6) is -1.18. The molecule has 0 spiro atoms. The third-order valence-electron chi connectivity index (χ3n) is 2.06. The molecule has 0 aliphatic rings. The maximum atomic E-state index is 13.6. The highest BCUT2D eigenvalue weighted by Crippen LogP contribution is 2.12. The normalized spacial score (nSPS) is 10.1. The smallest absolute Gasteiger partial charge is 0.303 e. The summed E-state index contributed by atoms with van der Waals surface area (Å²) in [4.78, 5) is 17.8. The molecule has 1 aromatic heterocycles. The van der Waals surface area contributed by atoms with E-state index in [2.05, 4.69) is 15.3 Å². The van der Waals surface area contributed by atoms with E-state index in [1.807, 2.05) is 0 Å². The Morgan fingerprint density at radius 3 is 2.94 bits per heavy atom. The zero-order chi connectivity index (χ0) is 12.0. The number of aliphatic carboxylic acids is 1. The summed E-state index contributed by atoms with van der Waals surface area (Å²) in [7, 11) is 0. The predicted molar refractivity (Wildman–Crippen MR) is 56.7 cm³/mol. The molecule has 0 saturated carbocycles. The lowest BCUT2D eigenvalue weighted by Crippen LogP contribution is -2.09. The molecule has 1 heterocycles. The van der Waals surface area contributed by atoms with E-state index in [9.17, 15) is 9.18 Å². The maximum Gasteiger partial charge on any atom is 0.303 e. The van der Waals surface area contributed by atoms with Crippen molar-refractivity contribution >= 4 is 11.8 Å². The summed E-state index contributed by atoms with van der Waals surface area (Å²) in [6.07, 6.45) is 2.28. The fourth-order valence-corrected chi connectivity index (χ4v) is 1.22. The number of aromatic nitrogens is 2. The summed E-state index contributed by atoms with van der Waals surface area (Å²) in [6, 6.07) is 0. The Balaban J connectivity index is 2.50. The van der Waals surface area contributed by atoms with Crippen LogP contribution in [0.15, 0.2) is 6.33 Å². The maximum absolute atomic E-state index is 13.6. The number of anilines is 1. The van der Waals surface area contributed by atoms with Gasteiger partial charge in [-0.2, -0.15) is 0 Å². The molecule has 6 heteroatoms. The molecule has 0 amide bonds. The van der Waals surface area contributed by atoms with Gasteiger partial charge in [-0.1, -0.05) is 6.92 Å². The van der Waals surface area contributed by atoms with Crippen LogP contribution in [-0.4, -0.2) is 27.6 Å². The van der Waals surface area contributed by atoms with Crippen LogP contribution in [0.1, 0.15) is 25.5 Å². The van der Waals surface area contributed by atoms with Gasteiger partial charge < -0.3 is 10.4 Å². The molecule has 0 aromatic carbocycles. The van der Waals surface area contributed by atoms with E-state index in [0.29, 0.717) is 25.1 Å². The second kappa shape index (κ2) is 5.99. The number of hydrogen-bond donors (Lipinski definition) is 2. The second-order valence-corrected chi connectivity index (χ2v) is 3.26. The molecule has 0 atom stereocenters. The Bertz CT molecular complexity index is 371. The number of halogens is 1. The third kappa shape index (κ3) is 3.45. The van der Waals surface area contributed by atoms with Gasteiger partial charge in [-0.3, -0.25) is 4.79 Å². The first kappa shape index (κ1) is 12.4. The van der Waals surface area contributed by atoms with Gasteiger partial charge in [0.2, 0.25) is 0 Å². The number of carboxylic acids is 1. The standard InChI is InChI=1S/C10H14FN3O2/c1-2-7-9(11)10(14-6-13-7)12-5-3-4-8(15)16/h6H,2-5H2,1H3,(H,15,16)(H,12,13,14). The van der Waals surface area contributed by atoms with Gasteiger partial charge in [0, 0.05) is 13.0 Å². The van der Waals surface area contributed by atoms with Crippen LogP contribution in [-0.2, 0) is 11.2 Å². The number of carboxylic acid groups (broad SMARTS) is 1. The van der Waals surface area contributed by atoms with Gasteiger partial charge in [0.05, 0.1) is 5.69 Å². The minimum atomic E-state index is -0.862. The van der Waals surface area contributed by atoms with E-state index in [0.717, 1.165) is 0 Å². The Labute approximate surface area is 92.7 Å². The number of nitrogens with zero attached hydrogens (tertiary/aromatic N) is 2. The Hall–Kier alpha value is -1.72. The van der Waals surface area contributed by atoms with E-state index in [1.165, 1.54) is 6.33 Å². The highest BCUT2D eigenvalue weighted by Gasteiger charge is 2.08. The van der Waals surface area contributed by atoms with Crippen molar-refractivity contribution in [1.82, 2.24) is 9.97 Å². The van der Waals surface area contributed by atoms with Gasteiger partial charge in [-0.05, 0) is 12.8 Å². The van der Waals surface area contributed by atoms with Gasteiger partial charge >= 0.3 is 5.97 Å². The van der Waals surface area contributed by atoms with Crippen LogP contribution < -0.4 is 5.32 Å². The molecule has 0 saturated heterocycles. The Morgan fingerprint density at radius 1 is 1.56 bits per heavy atom. The number of aryl methyl sites for hydroxylation is 1. The molecule has 0 unspecified atom stereocenters. The molecule has 5 nitrogen and oxygen atoms in total. The molecule has 1 aromatic rings. The first-order valence-electron chi connectivity index (χ1n) is 5.10. The van der Waals surface area contributed by atoms with Crippen LogP contribution >= 0.6 is 0 Å². The molecule has 16 heavy (non-hydrogen) atoms. The van der Waals surface area contributed by atoms with Crippen molar-refractivity contribution in [2.45, 2.75) is 26.2 Å².